The minimum absolute atomic E-state index is 0.223. The van der Waals surface area contributed by atoms with Gasteiger partial charge in [0.1, 0.15) is 6.61 Å². The second kappa shape index (κ2) is 8.41. The molecule has 2 heteroatoms. The van der Waals surface area contributed by atoms with Crippen LogP contribution in [0.15, 0.2) is 23.3 Å². The van der Waals surface area contributed by atoms with E-state index >= 15 is 0 Å². The van der Waals surface area contributed by atoms with E-state index in [9.17, 15) is 4.79 Å². The first-order chi connectivity index (χ1) is 9.44. The van der Waals surface area contributed by atoms with Crippen LogP contribution in [0.5, 0.6) is 0 Å². The smallest absolute Gasteiger partial charge is 0.302 e. The Hall–Kier alpha value is -1.05. The van der Waals surface area contributed by atoms with Crippen molar-refractivity contribution < 1.29 is 9.53 Å². The maximum absolute atomic E-state index is 10.7. The zero-order valence-corrected chi connectivity index (χ0v) is 15.3. The molecule has 0 saturated heterocycles. The Bertz CT molecular complexity index is 392. The predicted octanol–water partition coefficient (Wildman–Crippen LogP) is 5.68. The molecule has 0 amide bonds. The maximum Gasteiger partial charge on any atom is 0.302 e. The van der Waals surface area contributed by atoms with E-state index in [2.05, 4.69) is 54.5 Å². The van der Waals surface area contributed by atoms with Crippen molar-refractivity contribution in [3.8, 4) is 0 Å². The molecule has 0 heterocycles. The van der Waals surface area contributed by atoms with Crippen molar-refractivity contribution in [3.05, 3.63) is 23.3 Å². The van der Waals surface area contributed by atoms with Crippen molar-refractivity contribution >= 4 is 5.97 Å². The molecular formula is C19H34O2. The van der Waals surface area contributed by atoms with Crippen LogP contribution in [0.3, 0.4) is 0 Å². The van der Waals surface area contributed by atoms with E-state index in [0.717, 1.165) is 12.8 Å². The SMILES string of the molecule is CC(=O)OC/C=C(\C)CC/C=C(\C)C(C)(C)CC(C)(C)C. The average Bonchev–Trinajstić information content (AvgIpc) is 2.24. The van der Waals surface area contributed by atoms with Gasteiger partial charge in [-0.1, -0.05) is 51.8 Å². The van der Waals surface area contributed by atoms with Crippen molar-refractivity contribution in [2.45, 2.75) is 74.7 Å². The largest absolute Gasteiger partial charge is 0.462 e. The number of carbonyl (C=O) groups is 1. The summed E-state index contributed by atoms with van der Waals surface area (Å²) < 4.78 is 4.92. The molecule has 0 aromatic heterocycles. The third kappa shape index (κ3) is 10.3. The zero-order chi connectivity index (χ0) is 16.7. The highest BCUT2D eigenvalue weighted by molar-refractivity contribution is 5.66. The molecule has 122 valence electrons. The van der Waals surface area contributed by atoms with Crippen molar-refractivity contribution in [1.82, 2.24) is 0 Å². The summed E-state index contributed by atoms with van der Waals surface area (Å²) in [6.07, 6.45) is 7.59. The van der Waals surface area contributed by atoms with Gasteiger partial charge in [0.25, 0.3) is 0 Å². The lowest BCUT2D eigenvalue weighted by Gasteiger charge is -2.33. The number of ether oxygens (including phenoxy) is 1. The Kier molecular flexibility index (Phi) is 7.99. The summed E-state index contributed by atoms with van der Waals surface area (Å²) in [6.45, 7) is 17.7. The van der Waals surface area contributed by atoms with E-state index in [-0.39, 0.29) is 11.4 Å². The standard InChI is InChI=1S/C19H34O2/c1-15(12-13-21-17(3)20)10-9-11-16(2)19(7,8)14-18(4,5)6/h11-12H,9-10,13-14H2,1-8H3/b15-12+,16-11+. The number of rotatable bonds is 7. The Balaban J connectivity index is 4.37. The normalized spacial score (nSPS) is 14.3. The summed E-state index contributed by atoms with van der Waals surface area (Å²) in [5, 5.41) is 0. The summed E-state index contributed by atoms with van der Waals surface area (Å²) >= 11 is 0. The summed E-state index contributed by atoms with van der Waals surface area (Å²) in [5.41, 5.74) is 3.32. The molecule has 0 N–H and O–H groups in total. The fourth-order valence-electron chi connectivity index (χ4n) is 2.66. The molecule has 0 fully saturated rings. The van der Waals surface area contributed by atoms with Crippen LogP contribution in [-0.2, 0) is 9.53 Å². The third-order valence-electron chi connectivity index (χ3n) is 3.75. The number of hydrogen-bond donors (Lipinski definition) is 0. The lowest BCUT2D eigenvalue weighted by Crippen LogP contribution is -2.21. The second-order valence-corrected chi connectivity index (χ2v) is 7.90. The fourth-order valence-corrected chi connectivity index (χ4v) is 2.66. The molecule has 0 atom stereocenters. The van der Waals surface area contributed by atoms with Crippen LogP contribution in [0.4, 0.5) is 0 Å². The van der Waals surface area contributed by atoms with E-state index in [4.69, 9.17) is 4.74 Å². The van der Waals surface area contributed by atoms with E-state index < -0.39 is 0 Å². The van der Waals surface area contributed by atoms with Crippen molar-refractivity contribution in [2.75, 3.05) is 6.61 Å². The first-order valence-corrected chi connectivity index (χ1v) is 7.90. The number of carbonyl (C=O) groups excluding carboxylic acids is 1. The first-order valence-electron chi connectivity index (χ1n) is 7.90. The quantitative estimate of drug-likeness (QED) is 0.445. The maximum atomic E-state index is 10.7. The van der Waals surface area contributed by atoms with Crippen LogP contribution in [0, 0.1) is 10.8 Å². The topological polar surface area (TPSA) is 26.3 Å². The Labute approximate surface area is 131 Å². The van der Waals surface area contributed by atoms with Gasteiger partial charge in [-0.2, -0.15) is 0 Å². The molecule has 0 rings (SSSR count). The molecule has 0 aliphatic carbocycles. The van der Waals surface area contributed by atoms with Gasteiger partial charge in [0.15, 0.2) is 0 Å². The van der Waals surface area contributed by atoms with Gasteiger partial charge in [0.2, 0.25) is 0 Å². The van der Waals surface area contributed by atoms with Crippen LogP contribution in [0.2, 0.25) is 0 Å². The minimum atomic E-state index is -0.223. The minimum Gasteiger partial charge on any atom is -0.462 e. The second-order valence-electron chi connectivity index (χ2n) is 7.90. The molecule has 0 saturated carbocycles. The van der Waals surface area contributed by atoms with Crippen molar-refractivity contribution in [3.63, 3.8) is 0 Å². The number of allylic oxidation sites excluding steroid dienone is 3. The van der Waals surface area contributed by atoms with E-state index in [1.165, 1.54) is 24.5 Å². The Morgan fingerprint density at radius 2 is 1.57 bits per heavy atom. The highest BCUT2D eigenvalue weighted by Gasteiger charge is 2.26. The number of esters is 1. The molecule has 21 heavy (non-hydrogen) atoms. The van der Waals surface area contributed by atoms with Crippen LogP contribution < -0.4 is 0 Å². The molecule has 0 aromatic carbocycles. The van der Waals surface area contributed by atoms with Crippen molar-refractivity contribution in [1.29, 1.82) is 0 Å². The van der Waals surface area contributed by atoms with Gasteiger partial charge in [-0.3, -0.25) is 4.79 Å². The lowest BCUT2D eigenvalue weighted by molar-refractivity contribution is -0.139. The highest BCUT2D eigenvalue weighted by Crippen LogP contribution is 2.38. The molecule has 0 spiro atoms. The van der Waals surface area contributed by atoms with Gasteiger partial charge < -0.3 is 4.74 Å². The van der Waals surface area contributed by atoms with E-state index in [0.29, 0.717) is 12.0 Å². The molecule has 0 radical (unpaired) electrons. The van der Waals surface area contributed by atoms with Gasteiger partial charge in [0.05, 0.1) is 0 Å². The number of hydrogen-bond acceptors (Lipinski definition) is 2. The molecular weight excluding hydrogens is 260 g/mol. The van der Waals surface area contributed by atoms with Crippen LogP contribution in [-0.4, -0.2) is 12.6 Å². The predicted molar refractivity (Wildman–Crippen MR) is 91.2 cm³/mol. The van der Waals surface area contributed by atoms with Gasteiger partial charge >= 0.3 is 5.97 Å². The molecule has 0 unspecified atom stereocenters. The van der Waals surface area contributed by atoms with Gasteiger partial charge in [-0.15, -0.1) is 0 Å². The van der Waals surface area contributed by atoms with E-state index in [1.54, 1.807) is 0 Å². The Morgan fingerprint density at radius 3 is 2.05 bits per heavy atom. The fraction of sp³-hybridized carbons (Fsp3) is 0.737. The summed E-state index contributed by atoms with van der Waals surface area (Å²) in [6, 6.07) is 0. The first kappa shape index (κ1) is 19.9. The monoisotopic (exact) mass is 294 g/mol. The summed E-state index contributed by atoms with van der Waals surface area (Å²) in [7, 11) is 0. The lowest BCUT2D eigenvalue weighted by atomic mass is 9.72. The van der Waals surface area contributed by atoms with Gasteiger partial charge in [-0.05, 0) is 50.0 Å². The average molecular weight is 294 g/mol. The zero-order valence-electron chi connectivity index (χ0n) is 15.3. The molecule has 2 nitrogen and oxygen atoms in total. The molecule has 0 aliphatic heterocycles. The molecule has 0 aromatic rings. The summed E-state index contributed by atoms with van der Waals surface area (Å²) in [4.78, 5) is 10.7. The third-order valence-corrected chi connectivity index (χ3v) is 3.75. The Morgan fingerprint density at radius 1 is 1.00 bits per heavy atom. The van der Waals surface area contributed by atoms with E-state index in [1.807, 2.05) is 6.08 Å². The van der Waals surface area contributed by atoms with Crippen molar-refractivity contribution in [2.24, 2.45) is 10.8 Å². The van der Waals surface area contributed by atoms with Gasteiger partial charge in [-0.25, -0.2) is 0 Å². The van der Waals surface area contributed by atoms with Gasteiger partial charge in [0, 0.05) is 6.92 Å². The summed E-state index contributed by atoms with van der Waals surface area (Å²) in [5.74, 6) is -0.223. The van der Waals surface area contributed by atoms with Crippen LogP contribution in [0.25, 0.3) is 0 Å². The van der Waals surface area contributed by atoms with Crippen LogP contribution in [0.1, 0.15) is 74.7 Å². The van der Waals surface area contributed by atoms with Crippen LogP contribution >= 0.6 is 0 Å². The highest BCUT2D eigenvalue weighted by atomic mass is 16.5. The molecule has 0 bridgehead atoms. The molecule has 0 aliphatic rings.